The lowest BCUT2D eigenvalue weighted by molar-refractivity contribution is -0.122. The fourth-order valence-corrected chi connectivity index (χ4v) is 4.51. The summed E-state index contributed by atoms with van der Waals surface area (Å²) in [5, 5.41) is 5.87. The van der Waals surface area contributed by atoms with Gasteiger partial charge < -0.3 is 15.5 Å². The van der Waals surface area contributed by atoms with Crippen molar-refractivity contribution < 1.29 is 18.0 Å². The SMILES string of the molecule is CN(C)c1ccc(Cl)cc1NC(=O)c1ccc(S(=O)(=O)N2CCNC(=O)C2)cc1. The standard InChI is InChI=1S/C19H21ClN4O4S/c1-23(2)17-8-5-14(20)11-16(17)22-19(26)13-3-6-15(7-4-13)29(27,28)24-10-9-21-18(25)12-24/h3-8,11H,9-10,12H2,1-2H3,(H,21,25)(H,22,26). The second-order valence-corrected chi connectivity index (χ2v) is 9.10. The molecular formula is C19H21ClN4O4S. The minimum Gasteiger partial charge on any atom is -0.376 e. The molecular weight excluding hydrogens is 416 g/mol. The summed E-state index contributed by atoms with van der Waals surface area (Å²) in [6, 6.07) is 10.8. The van der Waals surface area contributed by atoms with Gasteiger partial charge in [0.1, 0.15) is 0 Å². The number of rotatable bonds is 5. The van der Waals surface area contributed by atoms with Gasteiger partial charge in [-0.2, -0.15) is 4.31 Å². The van der Waals surface area contributed by atoms with E-state index in [2.05, 4.69) is 10.6 Å². The van der Waals surface area contributed by atoms with Crippen LogP contribution in [-0.2, 0) is 14.8 Å². The minimum atomic E-state index is -3.80. The highest BCUT2D eigenvalue weighted by Gasteiger charge is 2.29. The fraction of sp³-hybridized carbons (Fsp3) is 0.263. The molecule has 29 heavy (non-hydrogen) atoms. The van der Waals surface area contributed by atoms with Gasteiger partial charge in [0.05, 0.1) is 22.8 Å². The summed E-state index contributed by atoms with van der Waals surface area (Å²) < 4.78 is 26.5. The van der Waals surface area contributed by atoms with Crippen molar-refractivity contribution in [1.29, 1.82) is 0 Å². The molecule has 0 radical (unpaired) electrons. The molecule has 1 aliphatic rings. The van der Waals surface area contributed by atoms with E-state index in [1.165, 1.54) is 24.3 Å². The Hall–Kier alpha value is -2.62. The Labute approximate surface area is 174 Å². The Morgan fingerprint density at radius 1 is 1.17 bits per heavy atom. The molecule has 2 aromatic rings. The highest BCUT2D eigenvalue weighted by Crippen LogP contribution is 2.28. The summed E-state index contributed by atoms with van der Waals surface area (Å²) in [6.07, 6.45) is 0. The average molecular weight is 437 g/mol. The van der Waals surface area contributed by atoms with E-state index < -0.39 is 15.9 Å². The highest BCUT2D eigenvalue weighted by molar-refractivity contribution is 7.89. The van der Waals surface area contributed by atoms with Gasteiger partial charge >= 0.3 is 0 Å². The number of piperazine rings is 1. The first kappa shape index (κ1) is 21.1. The van der Waals surface area contributed by atoms with Crippen molar-refractivity contribution in [3.05, 3.63) is 53.1 Å². The molecule has 10 heteroatoms. The molecule has 0 unspecified atom stereocenters. The van der Waals surface area contributed by atoms with Crippen LogP contribution in [0.4, 0.5) is 11.4 Å². The zero-order valence-electron chi connectivity index (χ0n) is 16.0. The van der Waals surface area contributed by atoms with Gasteiger partial charge in [0.15, 0.2) is 0 Å². The zero-order chi connectivity index (χ0) is 21.2. The van der Waals surface area contributed by atoms with Gasteiger partial charge in [-0.25, -0.2) is 8.42 Å². The Bertz CT molecular complexity index is 1040. The van der Waals surface area contributed by atoms with E-state index in [-0.39, 0.29) is 30.4 Å². The smallest absolute Gasteiger partial charge is 0.255 e. The number of hydrogen-bond acceptors (Lipinski definition) is 5. The first-order chi connectivity index (χ1) is 13.7. The molecule has 154 valence electrons. The number of nitrogens with one attached hydrogen (secondary N) is 2. The highest BCUT2D eigenvalue weighted by atomic mass is 35.5. The summed E-state index contributed by atoms with van der Waals surface area (Å²) in [7, 11) is -0.110. The van der Waals surface area contributed by atoms with Crippen LogP contribution in [0.1, 0.15) is 10.4 Å². The number of carbonyl (C=O) groups excluding carboxylic acids is 2. The van der Waals surface area contributed by atoms with Gasteiger partial charge in [0.2, 0.25) is 15.9 Å². The van der Waals surface area contributed by atoms with Crippen LogP contribution in [0.25, 0.3) is 0 Å². The van der Waals surface area contributed by atoms with Crippen molar-refractivity contribution in [3.63, 3.8) is 0 Å². The van der Waals surface area contributed by atoms with Crippen LogP contribution in [0, 0.1) is 0 Å². The van der Waals surface area contributed by atoms with E-state index >= 15 is 0 Å². The molecule has 0 atom stereocenters. The third-order valence-electron chi connectivity index (χ3n) is 4.45. The Balaban J connectivity index is 1.79. The minimum absolute atomic E-state index is 0.0282. The van der Waals surface area contributed by atoms with Gasteiger partial charge in [-0.15, -0.1) is 0 Å². The van der Waals surface area contributed by atoms with Crippen LogP contribution < -0.4 is 15.5 Å². The molecule has 0 saturated carbocycles. The number of nitrogens with zero attached hydrogens (tertiary/aromatic N) is 2. The van der Waals surface area contributed by atoms with Gasteiger partial charge in [-0.05, 0) is 42.5 Å². The lowest BCUT2D eigenvalue weighted by Gasteiger charge is -2.25. The van der Waals surface area contributed by atoms with Crippen LogP contribution in [0.5, 0.6) is 0 Å². The maximum Gasteiger partial charge on any atom is 0.255 e. The van der Waals surface area contributed by atoms with Crippen LogP contribution in [0.2, 0.25) is 5.02 Å². The van der Waals surface area contributed by atoms with Crippen LogP contribution in [-0.4, -0.2) is 58.3 Å². The zero-order valence-corrected chi connectivity index (χ0v) is 17.5. The number of amides is 2. The molecule has 1 aliphatic heterocycles. The van der Waals surface area contributed by atoms with E-state index in [0.29, 0.717) is 16.3 Å². The number of anilines is 2. The average Bonchev–Trinajstić information content (AvgIpc) is 2.68. The second-order valence-electron chi connectivity index (χ2n) is 6.72. The van der Waals surface area contributed by atoms with Crippen molar-refractivity contribution in [3.8, 4) is 0 Å². The third-order valence-corrected chi connectivity index (χ3v) is 6.54. The molecule has 1 heterocycles. The third kappa shape index (κ3) is 4.69. The Morgan fingerprint density at radius 3 is 2.48 bits per heavy atom. The van der Waals surface area contributed by atoms with E-state index in [1.54, 1.807) is 18.2 Å². The van der Waals surface area contributed by atoms with Gasteiger partial charge in [0.25, 0.3) is 5.91 Å². The first-order valence-electron chi connectivity index (χ1n) is 8.83. The normalized spacial score (nSPS) is 14.9. The van der Waals surface area contributed by atoms with Crippen LogP contribution in [0.15, 0.2) is 47.4 Å². The lowest BCUT2D eigenvalue weighted by Crippen LogP contribution is -2.49. The molecule has 2 aromatic carbocycles. The number of benzene rings is 2. The van der Waals surface area contributed by atoms with E-state index in [4.69, 9.17) is 11.6 Å². The number of halogens is 1. The van der Waals surface area contributed by atoms with E-state index in [0.717, 1.165) is 9.99 Å². The molecule has 3 rings (SSSR count). The quantitative estimate of drug-likeness (QED) is 0.744. The van der Waals surface area contributed by atoms with Crippen LogP contribution >= 0.6 is 11.6 Å². The predicted molar refractivity (Wildman–Crippen MR) is 112 cm³/mol. The predicted octanol–water partition coefficient (Wildman–Crippen LogP) is 1.78. The molecule has 8 nitrogen and oxygen atoms in total. The Morgan fingerprint density at radius 2 is 1.86 bits per heavy atom. The van der Waals surface area contributed by atoms with Crippen molar-refractivity contribution >= 4 is 44.8 Å². The number of sulfonamides is 1. The number of carbonyl (C=O) groups is 2. The molecule has 0 aliphatic carbocycles. The monoisotopic (exact) mass is 436 g/mol. The first-order valence-corrected chi connectivity index (χ1v) is 10.7. The van der Waals surface area contributed by atoms with Gasteiger partial charge in [0, 0.05) is 37.8 Å². The molecule has 2 N–H and O–H groups in total. The fourth-order valence-electron chi connectivity index (χ4n) is 2.94. The summed E-state index contributed by atoms with van der Waals surface area (Å²) in [5.74, 6) is -0.731. The molecule has 0 aromatic heterocycles. The largest absolute Gasteiger partial charge is 0.376 e. The summed E-state index contributed by atoms with van der Waals surface area (Å²) in [4.78, 5) is 26.0. The van der Waals surface area contributed by atoms with Crippen LogP contribution in [0.3, 0.4) is 0 Å². The molecule has 2 amide bonds. The summed E-state index contributed by atoms with van der Waals surface area (Å²) >= 11 is 6.04. The summed E-state index contributed by atoms with van der Waals surface area (Å²) in [6.45, 7) is 0.261. The Kier molecular flexibility index (Phi) is 6.11. The maximum absolute atomic E-state index is 12.7. The molecule has 1 saturated heterocycles. The van der Waals surface area contributed by atoms with Crippen molar-refractivity contribution in [1.82, 2.24) is 9.62 Å². The maximum atomic E-state index is 12.7. The second kappa shape index (κ2) is 8.40. The van der Waals surface area contributed by atoms with Gasteiger partial charge in [-0.1, -0.05) is 11.6 Å². The van der Waals surface area contributed by atoms with Crippen molar-refractivity contribution in [2.24, 2.45) is 0 Å². The molecule has 0 spiro atoms. The topological polar surface area (TPSA) is 98.8 Å². The van der Waals surface area contributed by atoms with Crippen molar-refractivity contribution in [2.75, 3.05) is 43.9 Å². The molecule has 1 fully saturated rings. The van der Waals surface area contributed by atoms with E-state index in [9.17, 15) is 18.0 Å². The molecule has 0 bridgehead atoms. The lowest BCUT2D eigenvalue weighted by atomic mass is 10.2. The van der Waals surface area contributed by atoms with E-state index in [1.807, 2.05) is 19.0 Å². The van der Waals surface area contributed by atoms with Gasteiger partial charge in [-0.3, -0.25) is 9.59 Å². The number of hydrogen-bond donors (Lipinski definition) is 2. The summed E-state index contributed by atoms with van der Waals surface area (Å²) in [5.41, 5.74) is 1.62. The van der Waals surface area contributed by atoms with Crippen molar-refractivity contribution in [2.45, 2.75) is 4.90 Å².